The highest BCUT2D eigenvalue weighted by Gasteiger charge is 2.22. The van der Waals surface area contributed by atoms with E-state index in [4.69, 9.17) is 14.2 Å². The van der Waals surface area contributed by atoms with Crippen LogP contribution in [0.25, 0.3) is 0 Å². The van der Waals surface area contributed by atoms with Crippen molar-refractivity contribution in [2.75, 3.05) is 31.8 Å². The molecule has 1 unspecified atom stereocenters. The Morgan fingerprint density at radius 3 is 3.06 bits per heavy atom. The van der Waals surface area contributed by atoms with Gasteiger partial charge in [-0.15, -0.1) is 0 Å². The van der Waals surface area contributed by atoms with Crippen LogP contribution in [0.4, 0.5) is 5.69 Å². The topological polar surface area (TPSA) is 68.8 Å². The third-order valence-electron chi connectivity index (χ3n) is 2.86. The van der Waals surface area contributed by atoms with E-state index in [1.54, 1.807) is 18.2 Å². The average molecular weight is 250 g/mol. The van der Waals surface area contributed by atoms with E-state index in [0.29, 0.717) is 30.3 Å². The Morgan fingerprint density at radius 1 is 1.33 bits per heavy atom. The molecule has 2 aliphatic heterocycles. The van der Waals surface area contributed by atoms with Crippen LogP contribution >= 0.6 is 0 Å². The number of anilines is 1. The van der Waals surface area contributed by atoms with E-state index in [1.165, 1.54) is 0 Å². The fourth-order valence-electron chi connectivity index (χ4n) is 1.93. The minimum absolute atomic E-state index is 0.152. The number of carbonyl (C=O) groups excluding carboxylic acids is 1. The second-order valence-electron chi connectivity index (χ2n) is 4.12. The smallest absolute Gasteiger partial charge is 0.254 e. The molecular formula is C12H14N2O4. The van der Waals surface area contributed by atoms with E-state index >= 15 is 0 Å². The summed E-state index contributed by atoms with van der Waals surface area (Å²) >= 11 is 0. The minimum atomic E-state index is -0.441. The summed E-state index contributed by atoms with van der Waals surface area (Å²) in [7, 11) is 0. The third-order valence-corrected chi connectivity index (χ3v) is 2.86. The summed E-state index contributed by atoms with van der Waals surface area (Å²) in [6.45, 7) is 2.10. The van der Waals surface area contributed by atoms with Gasteiger partial charge in [-0.05, 0) is 12.1 Å². The molecule has 6 heteroatoms. The number of benzene rings is 1. The Labute approximate surface area is 104 Å². The molecule has 96 valence electrons. The number of fused-ring (bicyclic) bond motifs is 1. The van der Waals surface area contributed by atoms with Crippen molar-refractivity contribution >= 4 is 11.6 Å². The van der Waals surface area contributed by atoms with Crippen molar-refractivity contribution in [3.05, 3.63) is 18.2 Å². The summed E-state index contributed by atoms with van der Waals surface area (Å²) in [4.78, 5) is 11.9. The van der Waals surface area contributed by atoms with E-state index in [1.807, 2.05) is 0 Å². The summed E-state index contributed by atoms with van der Waals surface area (Å²) in [6.07, 6.45) is -0.441. The predicted octanol–water partition coefficient (Wildman–Crippen LogP) is 0.342. The number of morpholine rings is 1. The quantitative estimate of drug-likeness (QED) is 0.792. The number of nitrogens with one attached hydrogen (secondary N) is 2. The lowest BCUT2D eigenvalue weighted by Crippen LogP contribution is -2.45. The largest absolute Gasteiger partial charge is 0.454 e. The van der Waals surface area contributed by atoms with E-state index in [0.717, 1.165) is 6.54 Å². The van der Waals surface area contributed by atoms with Crippen molar-refractivity contribution in [3.8, 4) is 11.5 Å². The molecule has 2 N–H and O–H groups in total. The first-order valence-corrected chi connectivity index (χ1v) is 5.86. The van der Waals surface area contributed by atoms with Gasteiger partial charge in [-0.1, -0.05) is 0 Å². The normalized spacial score (nSPS) is 21.7. The molecule has 1 saturated heterocycles. The molecule has 1 fully saturated rings. The van der Waals surface area contributed by atoms with E-state index in [9.17, 15) is 4.79 Å². The third kappa shape index (κ3) is 2.25. The average Bonchev–Trinajstić information content (AvgIpc) is 2.87. The van der Waals surface area contributed by atoms with Crippen molar-refractivity contribution in [1.82, 2.24) is 5.32 Å². The van der Waals surface area contributed by atoms with Crippen LogP contribution in [0.15, 0.2) is 18.2 Å². The minimum Gasteiger partial charge on any atom is -0.454 e. The van der Waals surface area contributed by atoms with Crippen LogP contribution < -0.4 is 20.1 Å². The molecule has 2 heterocycles. The number of ether oxygens (including phenoxy) is 3. The van der Waals surface area contributed by atoms with Crippen molar-refractivity contribution in [1.29, 1.82) is 0 Å². The van der Waals surface area contributed by atoms with E-state index in [2.05, 4.69) is 10.6 Å². The molecule has 1 aromatic rings. The van der Waals surface area contributed by atoms with Crippen LogP contribution in [-0.4, -0.2) is 38.5 Å². The lowest BCUT2D eigenvalue weighted by Gasteiger charge is -2.22. The van der Waals surface area contributed by atoms with Gasteiger partial charge in [0.15, 0.2) is 11.5 Å². The van der Waals surface area contributed by atoms with Gasteiger partial charge in [-0.25, -0.2) is 0 Å². The standard InChI is InChI=1S/C12H14N2O4/c15-12(11-6-13-3-4-16-11)14-8-1-2-9-10(5-8)18-7-17-9/h1-2,5,11,13H,3-4,6-7H2,(H,14,15). The monoisotopic (exact) mass is 250 g/mol. The molecular weight excluding hydrogens is 236 g/mol. The fraction of sp³-hybridized carbons (Fsp3) is 0.417. The molecule has 1 atom stereocenters. The molecule has 3 rings (SSSR count). The van der Waals surface area contributed by atoms with Crippen LogP contribution in [0.3, 0.4) is 0 Å². The van der Waals surface area contributed by atoms with Gasteiger partial charge >= 0.3 is 0 Å². The summed E-state index contributed by atoms with van der Waals surface area (Å²) in [5.74, 6) is 1.19. The SMILES string of the molecule is O=C(Nc1ccc2c(c1)OCO2)C1CNCCO1. The van der Waals surface area contributed by atoms with Gasteiger partial charge in [-0.2, -0.15) is 0 Å². The lowest BCUT2D eigenvalue weighted by molar-refractivity contribution is -0.128. The van der Waals surface area contributed by atoms with Gasteiger partial charge in [0, 0.05) is 24.8 Å². The highest BCUT2D eigenvalue weighted by atomic mass is 16.7. The highest BCUT2D eigenvalue weighted by molar-refractivity contribution is 5.94. The zero-order chi connectivity index (χ0) is 12.4. The first-order valence-electron chi connectivity index (χ1n) is 5.86. The van der Waals surface area contributed by atoms with Crippen LogP contribution in [0.5, 0.6) is 11.5 Å². The highest BCUT2D eigenvalue weighted by Crippen LogP contribution is 2.34. The number of carbonyl (C=O) groups is 1. The number of amides is 1. The van der Waals surface area contributed by atoms with Gasteiger partial charge < -0.3 is 24.8 Å². The van der Waals surface area contributed by atoms with Gasteiger partial charge in [-0.3, -0.25) is 4.79 Å². The molecule has 0 aromatic heterocycles. The van der Waals surface area contributed by atoms with Crippen LogP contribution in [0, 0.1) is 0 Å². The molecule has 1 aromatic carbocycles. The predicted molar refractivity (Wildman–Crippen MR) is 63.8 cm³/mol. The zero-order valence-electron chi connectivity index (χ0n) is 9.77. The van der Waals surface area contributed by atoms with Gasteiger partial charge in [0.25, 0.3) is 5.91 Å². The molecule has 2 aliphatic rings. The van der Waals surface area contributed by atoms with Crippen molar-refractivity contribution in [2.24, 2.45) is 0 Å². The van der Waals surface area contributed by atoms with Gasteiger partial charge in [0.05, 0.1) is 6.61 Å². The Bertz CT molecular complexity index is 457. The Balaban J connectivity index is 1.66. The Hall–Kier alpha value is -1.79. The molecule has 0 saturated carbocycles. The first kappa shape index (κ1) is 11.3. The number of hydrogen-bond donors (Lipinski definition) is 2. The van der Waals surface area contributed by atoms with E-state index in [-0.39, 0.29) is 12.7 Å². The fourth-order valence-corrected chi connectivity index (χ4v) is 1.93. The molecule has 18 heavy (non-hydrogen) atoms. The van der Waals surface area contributed by atoms with Gasteiger partial charge in [0.1, 0.15) is 6.10 Å². The molecule has 1 amide bonds. The number of rotatable bonds is 2. The van der Waals surface area contributed by atoms with Crippen LogP contribution in [0.2, 0.25) is 0 Å². The number of hydrogen-bond acceptors (Lipinski definition) is 5. The second kappa shape index (κ2) is 4.83. The second-order valence-corrected chi connectivity index (χ2v) is 4.12. The van der Waals surface area contributed by atoms with Crippen LogP contribution in [-0.2, 0) is 9.53 Å². The molecule has 0 bridgehead atoms. The lowest BCUT2D eigenvalue weighted by atomic mass is 10.2. The summed E-state index contributed by atoms with van der Waals surface area (Å²) in [5, 5.41) is 5.91. The summed E-state index contributed by atoms with van der Waals surface area (Å²) in [6, 6.07) is 5.30. The maximum atomic E-state index is 11.9. The van der Waals surface area contributed by atoms with Crippen molar-refractivity contribution in [2.45, 2.75) is 6.10 Å². The summed E-state index contributed by atoms with van der Waals surface area (Å²) in [5.41, 5.74) is 0.679. The Kier molecular flexibility index (Phi) is 3.04. The van der Waals surface area contributed by atoms with Crippen LogP contribution in [0.1, 0.15) is 0 Å². The maximum Gasteiger partial charge on any atom is 0.254 e. The molecule has 6 nitrogen and oxygen atoms in total. The van der Waals surface area contributed by atoms with Crippen molar-refractivity contribution in [3.63, 3.8) is 0 Å². The Morgan fingerprint density at radius 2 is 2.22 bits per heavy atom. The maximum absolute atomic E-state index is 11.9. The molecule has 0 aliphatic carbocycles. The molecule has 0 radical (unpaired) electrons. The first-order chi connectivity index (χ1) is 8.83. The van der Waals surface area contributed by atoms with Gasteiger partial charge in [0.2, 0.25) is 6.79 Å². The van der Waals surface area contributed by atoms with E-state index < -0.39 is 6.10 Å². The van der Waals surface area contributed by atoms with Crippen molar-refractivity contribution < 1.29 is 19.0 Å². The molecule has 0 spiro atoms. The zero-order valence-corrected chi connectivity index (χ0v) is 9.77. The summed E-state index contributed by atoms with van der Waals surface area (Å²) < 4.78 is 15.8.